The van der Waals surface area contributed by atoms with E-state index in [4.69, 9.17) is 4.42 Å². The molecule has 0 bridgehead atoms. The average molecular weight is 364 g/mol. The lowest BCUT2D eigenvalue weighted by atomic mass is 9.87. The van der Waals surface area contributed by atoms with Gasteiger partial charge < -0.3 is 9.52 Å². The Hall–Kier alpha value is -1.53. The molecule has 0 aliphatic heterocycles. The second kappa shape index (κ2) is 6.65. The van der Waals surface area contributed by atoms with Gasteiger partial charge in [-0.15, -0.1) is 0 Å². The highest BCUT2D eigenvalue weighted by molar-refractivity contribution is 8.00. The minimum absolute atomic E-state index is 0.0667. The highest BCUT2D eigenvalue weighted by atomic mass is 32.2. The second-order valence-corrected chi connectivity index (χ2v) is 9.69. The summed E-state index contributed by atoms with van der Waals surface area (Å²) in [6, 6.07) is 3.89. The molecule has 0 spiro atoms. The summed E-state index contributed by atoms with van der Waals surface area (Å²) in [5, 5.41) is 10.7. The lowest BCUT2D eigenvalue weighted by Gasteiger charge is -2.24. The first-order valence-corrected chi connectivity index (χ1v) is 9.23. The largest absolute Gasteiger partial charge is 0.456 e. The van der Waals surface area contributed by atoms with Crippen molar-refractivity contribution in [2.75, 3.05) is 4.72 Å². The van der Waals surface area contributed by atoms with Crippen LogP contribution in [0.25, 0.3) is 0 Å². The topological polar surface area (TPSA) is 71.2 Å². The lowest BCUT2D eigenvalue weighted by Crippen LogP contribution is -2.20. The molecular formula is C19H29N3O2S. The minimum atomic E-state index is -0.926. The third kappa shape index (κ3) is 5.22. The lowest BCUT2D eigenvalue weighted by molar-refractivity contribution is 0.0779. The Kier molecular flexibility index (Phi) is 5.26. The van der Waals surface area contributed by atoms with Crippen molar-refractivity contribution < 1.29 is 9.52 Å². The maximum absolute atomic E-state index is 10.0. The molecule has 0 unspecified atom stereocenters. The monoisotopic (exact) mass is 363 g/mol. The van der Waals surface area contributed by atoms with Crippen molar-refractivity contribution in [3.05, 3.63) is 35.3 Å². The summed E-state index contributed by atoms with van der Waals surface area (Å²) in [5.41, 5.74) is 1.66. The summed E-state index contributed by atoms with van der Waals surface area (Å²) >= 11 is 1.30. The van der Waals surface area contributed by atoms with Gasteiger partial charge in [0.15, 0.2) is 5.09 Å². The summed E-state index contributed by atoms with van der Waals surface area (Å²) in [4.78, 5) is 9.31. The van der Waals surface area contributed by atoms with Gasteiger partial charge in [0.2, 0.25) is 5.95 Å². The van der Waals surface area contributed by atoms with E-state index < -0.39 is 5.60 Å². The van der Waals surface area contributed by atoms with Crippen LogP contribution in [-0.2, 0) is 16.4 Å². The number of anilines is 1. The number of hydrogen-bond donors (Lipinski definition) is 2. The maximum Gasteiger partial charge on any atom is 0.233 e. The molecule has 0 radical (unpaired) electrons. The number of aromatic nitrogens is 2. The van der Waals surface area contributed by atoms with Gasteiger partial charge in [-0.3, -0.25) is 4.72 Å². The van der Waals surface area contributed by atoms with E-state index in [-0.39, 0.29) is 10.8 Å². The Morgan fingerprint density at radius 2 is 1.44 bits per heavy atom. The molecule has 0 atom stereocenters. The van der Waals surface area contributed by atoms with E-state index in [9.17, 15) is 5.11 Å². The highest BCUT2D eigenvalue weighted by Gasteiger charge is 2.23. The SMILES string of the molecule is CC(C)(C)c1cc(C(C)(C)C)nc(NSc2cc(C(C)(C)O)co2)n1. The smallest absolute Gasteiger partial charge is 0.233 e. The van der Waals surface area contributed by atoms with Gasteiger partial charge in [0, 0.05) is 28.3 Å². The van der Waals surface area contributed by atoms with Crippen LogP contribution < -0.4 is 4.72 Å². The Bertz CT molecular complexity index is 702. The summed E-state index contributed by atoms with van der Waals surface area (Å²) < 4.78 is 8.66. The molecule has 0 aromatic carbocycles. The average Bonchev–Trinajstić information content (AvgIpc) is 2.92. The van der Waals surface area contributed by atoms with Gasteiger partial charge in [0.25, 0.3) is 0 Å². The third-order valence-corrected chi connectivity index (χ3v) is 4.49. The van der Waals surface area contributed by atoms with Crippen LogP contribution in [0.1, 0.15) is 72.3 Å². The molecule has 0 aliphatic rings. The molecular weight excluding hydrogens is 334 g/mol. The molecule has 0 saturated carbocycles. The molecule has 138 valence electrons. The number of furan rings is 1. The molecule has 2 N–H and O–H groups in total. The molecule has 2 aromatic heterocycles. The highest BCUT2D eigenvalue weighted by Crippen LogP contribution is 2.30. The van der Waals surface area contributed by atoms with Gasteiger partial charge in [-0.25, -0.2) is 9.97 Å². The van der Waals surface area contributed by atoms with E-state index in [1.165, 1.54) is 11.9 Å². The fourth-order valence-electron chi connectivity index (χ4n) is 2.05. The van der Waals surface area contributed by atoms with E-state index in [1.807, 2.05) is 6.07 Å². The van der Waals surface area contributed by atoms with Crippen molar-refractivity contribution in [3.8, 4) is 0 Å². The van der Waals surface area contributed by atoms with Gasteiger partial charge in [0.05, 0.1) is 23.3 Å². The van der Waals surface area contributed by atoms with E-state index >= 15 is 0 Å². The molecule has 2 heterocycles. The molecule has 6 heteroatoms. The number of nitrogens with zero attached hydrogens (tertiary/aromatic N) is 2. The number of hydrogen-bond acceptors (Lipinski definition) is 6. The Morgan fingerprint density at radius 3 is 1.84 bits per heavy atom. The van der Waals surface area contributed by atoms with Crippen LogP contribution in [0, 0.1) is 0 Å². The van der Waals surface area contributed by atoms with E-state index in [2.05, 4.69) is 62.3 Å². The summed E-state index contributed by atoms with van der Waals surface area (Å²) in [5.74, 6) is 0.559. The molecule has 2 rings (SSSR count). The van der Waals surface area contributed by atoms with Crippen molar-refractivity contribution >= 4 is 17.9 Å². The van der Waals surface area contributed by atoms with Crippen molar-refractivity contribution in [1.82, 2.24) is 9.97 Å². The zero-order chi connectivity index (χ0) is 19.0. The number of rotatable bonds is 4. The molecule has 0 aliphatic carbocycles. The Balaban J connectivity index is 2.25. The second-order valence-electron chi connectivity index (χ2n) is 8.88. The number of aliphatic hydroxyl groups is 1. The fourth-order valence-corrected chi connectivity index (χ4v) is 2.61. The van der Waals surface area contributed by atoms with Crippen molar-refractivity contribution in [1.29, 1.82) is 0 Å². The molecule has 25 heavy (non-hydrogen) atoms. The standard InChI is InChI=1S/C19H29N3O2S/c1-17(2,3)13-10-14(18(4,5)6)21-16(20-13)22-25-15-9-12(11-24-15)19(7,8)23/h9-11,23H,1-8H3,(H,20,21,22). The molecule has 0 saturated heterocycles. The zero-order valence-corrected chi connectivity index (χ0v) is 17.2. The first kappa shape index (κ1) is 19.8. The van der Waals surface area contributed by atoms with Crippen LogP contribution in [0.15, 0.2) is 27.9 Å². The minimum Gasteiger partial charge on any atom is -0.456 e. The van der Waals surface area contributed by atoms with Crippen LogP contribution in [0.5, 0.6) is 0 Å². The van der Waals surface area contributed by atoms with Gasteiger partial charge in [0.1, 0.15) is 0 Å². The zero-order valence-electron chi connectivity index (χ0n) is 16.4. The summed E-state index contributed by atoms with van der Waals surface area (Å²) in [6.45, 7) is 16.3. The predicted octanol–water partition coefficient (Wildman–Crippen LogP) is 5.01. The van der Waals surface area contributed by atoms with Crippen LogP contribution in [-0.4, -0.2) is 15.1 Å². The molecule has 2 aromatic rings. The first-order chi connectivity index (χ1) is 11.3. The van der Waals surface area contributed by atoms with Crippen LogP contribution in [0.4, 0.5) is 5.95 Å². The van der Waals surface area contributed by atoms with Crippen molar-refractivity contribution in [2.45, 2.75) is 76.9 Å². The molecule has 0 amide bonds. The van der Waals surface area contributed by atoms with E-state index in [0.717, 1.165) is 17.0 Å². The quantitative estimate of drug-likeness (QED) is 0.744. The van der Waals surface area contributed by atoms with E-state index in [1.54, 1.807) is 20.1 Å². The fraction of sp³-hybridized carbons (Fsp3) is 0.579. The maximum atomic E-state index is 10.0. The van der Waals surface area contributed by atoms with Crippen molar-refractivity contribution in [3.63, 3.8) is 0 Å². The van der Waals surface area contributed by atoms with Gasteiger partial charge in [-0.1, -0.05) is 41.5 Å². The molecule has 0 fully saturated rings. The summed E-state index contributed by atoms with van der Waals surface area (Å²) in [7, 11) is 0. The van der Waals surface area contributed by atoms with Gasteiger partial charge >= 0.3 is 0 Å². The van der Waals surface area contributed by atoms with Gasteiger partial charge in [-0.05, 0) is 26.0 Å². The van der Waals surface area contributed by atoms with Crippen LogP contribution in [0.3, 0.4) is 0 Å². The predicted molar refractivity (Wildman–Crippen MR) is 103 cm³/mol. The van der Waals surface area contributed by atoms with E-state index in [0.29, 0.717) is 11.0 Å². The summed E-state index contributed by atoms with van der Waals surface area (Å²) in [6.07, 6.45) is 1.57. The Morgan fingerprint density at radius 1 is 0.920 bits per heavy atom. The van der Waals surface area contributed by atoms with Crippen LogP contribution >= 0.6 is 11.9 Å². The first-order valence-electron chi connectivity index (χ1n) is 8.41. The molecule has 5 nitrogen and oxygen atoms in total. The van der Waals surface area contributed by atoms with Crippen molar-refractivity contribution in [2.24, 2.45) is 0 Å². The normalized spacial score (nSPS) is 13.2. The third-order valence-electron chi connectivity index (χ3n) is 3.79. The Labute approximate surface area is 154 Å². The number of nitrogens with one attached hydrogen (secondary N) is 1. The van der Waals surface area contributed by atoms with Crippen LogP contribution in [0.2, 0.25) is 0 Å². The van der Waals surface area contributed by atoms with Gasteiger partial charge in [-0.2, -0.15) is 0 Å².